The van der Waals surface area contributed by atoms with Gasteiger partial charge >= 0.3 is 0 Å². The van der Waals surface area contributed by atoms with Crippen LogP contribution in [0, 0.1) is 5.92 Å². The van der Waals surface area contributed by atoms with Crippen LogP contribution in [0.2, 0.25) is 5.02 Å². The smallest absolute Gasteiger partial charge is 0.182 e. The van der Waals surface area contributed by atoms with E-state index in [1.54, 1.807) is 18.2 Å². The first-order valence-electron chi connectivity index (χ1n) is 4.76. The van der Waals surface area contributed by atoms with Crippen molar-refractivity contribution in [1.29, 1.82) is 0 Å². The van der Waals surface area contributed by atoms with Crippen LogP contribution in [0.1, 0.15) is 6.92 Å². The van der Waals surface area contributed by atoms with Crippen molar-refractivity contribution in [3.8, 4) is 0 Å². The summed E-state index contributed by atoms with van der Waals surface area (Å²) in [6.07, 6.45) is 0. The summed E-state index contributed by atoms with van der Waals surface area (Å²) in [5, 5.41) is 3.41. The van der Waals surface area contributed by atoms with Crippen LogP contribution in [0.25, 0.3) is 0 Å². The predicted molar refractivity (Wildman–Crippen MR) is 61.2 cm³/mol. The highest BCUT2D eigenvalue weighted by atomic mass is 35.5. The lowest BCUT2D eigenvalue weighted by molar-refractivity contribution is 0.582. The lowest BCUT2D eigenvalue weighted by Crippen LogP contribution is -2.15. The van der Waals surface area contributed by atoms with E-state index in [1.807, 2.05) is 6.92 Å². The minimum Gasteiger partial charge on any atom is -0.384 e. The van der Waals surface area contributed by atoms with Crippen molar-refractivity contribution < 1.29 is 8.42 Å². The zero-order chi connectivity index (χ0) is 11.1. The van der Waals surface area contributed by atoms with Gasteiger partial charge in [0.05, 0.1) is 16.5 Å². The van der Waals surface area contributed by atoms with E-state index in [1.165, 1.54) is 0 Å². The number of rotatable bonds is 0. The van der Waals surface area contributed by atoms with Crippen LogP contribution in [-0.4, -0.2) is 20.7 Å². The molecular formula is C10H12ClNO2S. The van der Waals surface area contributed by atoms with Crippen LogP contribution >= 0.6 is 11.6 Å². The quantitative estimate of drug-likeness (QED) is 0.762. The normalized spacial score (nSPS) is 23.7. The van der Waals surface area contributed by atoms with Gasteiger partial charge in [0.2, 0.25) is 0 Å². The second-order valence-electron chi connectivity index (χ2n) is 3.88. The molecule has 2 rings (SSSR count). The van der Waals surface area contributed by atoms with Gasteiger partial charge in [0, 0.05) is 6.54 Å². The Bertz CT molecular complexity index is 484. The summed E-state index contributed by atoms with van der Waals surface area (Å²) in [5.74, 6) is 0.245. The molecule has 1 unspecified atom stereocenters. The van der Waals surface area contributed by atoms with Gasteiger partial charge in [-0.15, -0.1) is 0 Å². The Balaban J connectivity index is 2.65. The number of halogens is 1. The summed E-state index contributed by atoms with van der Waals surface area (Å²) in [6.45, 7) is 2.57. The van der Waals surface area contributed by atoms with Crippen molar-refractivity contribution in [3.63, 3.8) is 0 Å². The molecule has 5 heteroatoms. The molecule has 0 saturated carbocycles. The van der Waals surface area contributed by atoms with Gasteiger partial charge in [-0.2, -0.15) is 0 Å². The third-order valence-corrected chi connectivity index (χ3v) is 4.92. The van der Waals surface area contributed by atoms with Crippen LogP contribution in [0.4, 0.5) is 5.69 Å². The third kappa shape index (κ3) is 1.96. The van der Waals surface area contributed by atoms with Crippen molar-refractivity contribution >= 4 is 27.1 Å². The monoisotopic (exact) mass is 245 g/mol. The Kier molecular flexibility index (Phi) is 2.64. The topological polar surface area (TPSA) is 46.2 Å². The number of anilines is 1. The Hall–Kier alpha value is -0.740. The molecular weight excluding hydrogens is 234 g/mol. The summed E-state index contributed by atoms with van der Waals surface area (Å²) in [4.78, 5) is 0.246. The van der Waals surface area contributed by atoms with E-state index in [-0.39, 0.29) is 16.6 Å². The number of benzene rings is 1. The lowest BCUT2D eigenvalue weighted by Gasteiger charge is -2.07. The van der Waals surface area contributed by atoms with Gasteiger partial charge in [-0.3, -0.25) is 0 Å². The SMILES string of the molecule is CC1CNc2cccc(Cl)c2S(=O)(=O)C1. The van der Waals surface area contributed by atoms with Crippen LogP contribution in [0.3, 0.4) is 0 Å². The maximum atomic E-state index is 12.0. The maximum absolute atomic E-state index is 12.0. The molecule has 1 atom stereocenters. The van der Waals surface area contributed by atoms with E-state index < -0.39 is 9.84 Å². The molecule has 82 valence electrons. The Morgan fingerprint density at radius 1 is 1.47 bits per heavy atom. The van der Waals surface area contributed by atoms with E-state index in [0.29, 0.717) is 17.3 Å². The molecule has 1 N–H and O–H groups in total. The molecule has 0 aromatic heterocycles. The highest BCUT2D eigenvalue weighted by Crippen LogP contribution is 2.33. The van der Waals surface area contributed by atoms with Crippen LogP contribution < -0.4 is 5.32 Å². The van der Waals surface area contributed by atoms with Gasteiger partial charge in [0.25, 0.3) is 0 Å². The summed E-state index contributed by atoms with van der Waals surface area (Å²) >= 11 is 5.93. The van der Waals surface area contributed by atoms with Crippen molar-refractivity contribution in [3.05, 3.63) is 23.2 Å². The second-order valence-corrected chi connectivity index (χ2v) is 6.26. The van der Waals surface area contributed by atoms with Gasteiger partial charge in [-0.25, -0.2) is 8.42 Å². The fraction of sp³-hybridized carbons (Fsp3) is 0.400. The van der Waals surface area contributed by atoms with E-state index in [9.17, 15) is 8.42 Å². The molecule has 0 bridgehead atoms. The molecule has 0 spiro atoms. The van der Waals surface area contributed by atoms with Gasteiger partial charge in [0.15, 0.2) is 9.84 Å². The van der Waals surface area contributed by atoms with Crippen LogP contribution in [0.15, 0.2) is 23.1 Å². The Morgan fingerprint density at radius 3 is 2.93 bits per heavy atom. The highest BCUT2D eigenvalue weighted by molar-refractivity contribution is 7.91. The first kappa shape index (κ1) is 10.8. The summed E-state index contributed by atoms with van der Waals surface area (Å²) in [7, 11) is -3.25. The maximum Gasteiger partial charge on any atom is 0.182 e. The average Bonchev–Trinajstić information content (AvgIpc) is 2.23. The predicted octanol–water partition coefficient (Wildman–Crippen LogP) is 2.18. The average molecular weight is 246 g/mol. The molecule has 3 nitrogen and oxygen atoms in total. The summed E-state index contributed by atoms with van der Waals surface area (Å²) in [5.41, 5.74) is 0.617. The number of nitrogens with one attached hydrogen (secondary N) is 1. The van der Waals surface area contributed by atoms with Crippen molar-refractivity contribution in [1.82, 2.24) is 0 Å². The van der Waals surface area contributed by atoms with E-state index in [4.69, 9.17) is 11.6 Å². The summed E-state index contributed by atoms with van der Waals surface area (Å²) in [6, 6.07) is 5.10. The highest BCUT2D eigenvalue weighted by Gasteiger charge is 2.27. The van der Waals surface area contributed by atoms with Gasteiger partial charge in [-0.1, -0.05) is 24.6 Å². The summed E-state index contributed by atoms with van der Waals surface area (Å²) < 4.78 is 24.0. The third-order valence-electron chi connectivity index (χ3n) is 2.42. The molecule has 0 aliphatic carbocycles. The molecule has 1 aliphatic heterocycles. The van der Waals surface area contributed by atoms with Crippen molar-refractivity contribution in [2.24, 2.45) is 5.92 Å². The Labute approximate surface area is 94.4 Å². The van der Waals surface area contributed by atoms with E-state index in [2.05, 4.69) is 5.32 Å². The number of fused-ring (bicyclic) bond motifs is 1. The molecule has 15 heavy (non-hydrogen) atoms. The molecule has 0 saturated heterocycles. The molecule has 0 radical (unpaired) electrons. The van der Waals surface area contributed by atoms with Gasteiger partial charge in [0.1, 0.15) is 4.90 Å². The van der Waals surface area contributed by atoms with Gasteiger partial charge < -0.3 is 5.32 Å². The number of hydrogen-bond acceptors (Lipinski definition) is 3. The fourth-order valence-corrected chi connectivity index (χ4v) is 4.17. The largest absolute Gasteiger partial charge is 0.384 e. The molecule has 1 heterocycles. The van der Waals surface area contributed by atoms with E-state index in [0.717, 1.165) is 0 Å². The van der Waals surface area contributed by atoms with Gasteiger partial charge in [-0.05, 0) is 18.1 Å². The standard InChI is InChI=1S/C10H12ClNO2S/c1-7-5-12-9-4-2-3-8(11)10(9)15(13,14)6-7/h2-4,7,12H,5-6H2,1H3. The van der Waals surface area contributed by atoms with E-state index >= 15 is 0 Å². The fourth-order valence-electron chi connectivity index (χ4n) is 1.77. The number of sulfone groups is 1. The molecule has 1 aliphatic rings. The molecule has 0 amide bonds. The number of hydrogen-bond donors (Lipinski definition) is 1. The molecule has 1 aromatic carbocycles. The zero-order valence-electron chi connectivity index (χ0n) is 8.33. The lowest BCUT2D eigenvalue weighted by atomic mass is 10.2. The molecule has 0 fully saturated rings. The first-order chi connectivity index (χ1) is 7.00. The van der Waals surface area contributed by atoms with Crippen LogP contribution in [0.5, 0.6) is 0 Å². The minimum absolute atomic E-state index is 0.0958. The zero-order valence-corrected chi connectivity index (χ0v) is 9.90. The van der Waals surface area contributed by atoms with Crippen LogP contribution in [-0.2, 0) is 9.84 Å². The van der Waals surface area contributed by atoms with Crippen molar-refractivity contribution in [2.45, 2.75) is 11.8 Å². The minimum atomic E-state index is -3.25. The second kappa shape index (κ2) is 3.68. The molecule has 1 aromatic rings. The first-order valence-corrected chi connectivity index (χ1v) is 6.79. The van der Waals surface area contributed by atoms with Crippen molar-refractivity contribution in [2.75, 3.05) is 17.6 Å². The Morgan fingerprint density at radius 2 is 2.20 bits per heavy atom.